The Hall–Kier alpha value is -2.11. The van der Waals surface area contributed by atoms with E-state index in [1.54, 1.807) is 25.3 Å². The van der Waals surface area contributed by atoms with Crippen LogP contribution >= 0.6 is 11.6 Å². The van der Waals surface area contributed by atoms with Crippen LogP contribution in [-0.2, 0) is 11.3 Å². The van der Waals surface area contributed by atoms with Crippen LogP contribution in [0.1, 0.15) is 15.9 Å². The number of carboxylic acid groups (broad SMARTS) is 1. The second-order valence-corrected chi connectivity index (χ2v) is 4.34. The number of halogens is 1. The van der Waals surface area contributed by atoms with Gasteiger partial charge in [-0.3, -0.25) is 0 Å². The number of hydrogen-bond acceptors (Lipinski definition) is 4. The lowest BCUT2D eigenvalue weighted by molar-refractivity contribution is 0.0696. The van der Waals surface area contributed by atoms with Gasteiger partial charge < -0.3 is 14.6 Å². The largest absolute Gasteiger partial charge is 0.478 e. The first-order valence-electron chi connectivity index (χ1n) is 5.75. The zero-order chi connectivity index (χ0) is 14.5. The Morgan fingerprint density at radius 2 is 2.20 bits per heavy atom. The summed E-state index contributed by atoms with van der Waals surface area (Å²) in [6, 6.07) is 8.51. The monoisotopic (exact) mass is 293 g/mol. The molecule has 0 aliphatic heterocycles. The standard InChI is InChI=1S/C14H12ClNO4/c1-19-8-9-3-2-4-10(7-9)20-13-12(15)11(14(17)18)5-6-16-13/h2-7H,8H2,1H3,(H,17,18). The average Bonchev–Trinajstić information content (AvgIpc) is 2.42. The van der Waals surface area contributed by atoms with Crippen molar-refractivity contribution in [3.63, 3.8) is 0 Å². The van der Waals surface area contributed by atoms with Gasteiger partial charge in [0.25, 0.3) is 0 Å². The number of hydrogen-bond donors (Lipinski definition) is 1. The summed E-state index contributed by atoms with van der Waals surface area (Å²) >= 11 is 5.96. The fourth-order valence-corrected chi connectivity index (χ4v) is 1.87. The van der Waals surface area contributed by atoms with Crippen LogP contribution in [-0.4, -0.2) is 23.2 Å². The van der Waals surface area contributed by atoms with Gasteiger partial charge in [0.15, 0.2) is 0 Å². The first-order chi connectivity index (χ1) is 9.61. The van der Waals surface area contributed by atoms with Crippen LogP contribution in [0, 0.1) is 0 Å². The molecule has 2 rings (SSSR count). The van der Waals surface area contributed by atoms with Crippen molar-refractivity contribution in [3.05, 3.63) is 52.7 Å². The third-order valence-corrected chi connectivity index (χ3v) is 2.88. The summed E-state index contributed by atoms with van der Waals surface area (Å²) in [6.07, 6.45) is 1.34. The van der Waals surface area contributed by atoms with Crippen molar-refractivity contribution < 1.29 is 19.4 Å². The third-order valence-electron chi connectivity index (χ3n) is 2.51. The minimum absolute atomic E-state index is 0.0304. The molecule has 1 aromatic heterocycles. The summed E-state index contributed by atoms with van der Waals surface area (Å²) in [5.74, 6) is -0.562. The van der Waals surface area contributed by atoms with Crippen molar-refractivity contribution in [3.8, 4) is 11.6 Å². The van der Waals surface area contributed by atoms with E-state index in [-0.39, 0.29) is 16.5 Å². The Balaban J connectivity index is 2.28. The SMILES string of the molecule is COCc1cccc(Oc2nccc(C(=O)O)c2Cl)c1. The molecule has 20 heavy (non-hydrogen) atoms. The highest BCUT2D eigenvalue weighted by Gasteiger charge is 2.15. The number of carboxylic acids is 1. The zero-order valence-electron chi connectivity index (χ0n) is 10.7. The topological polar surface area (TPSA) is 68.7 Å². The van der Waals surface area contributed by atoms with Crippen molar-refractivity contribution in [2.24, 2.45) is 0 Å². The smallest absolute Gasteiger partial charge is 0.337 e. The van der Waals surface area contributed by atoms with Crippen LogP contribution in [0.3, 0.4) is 0 Å². The molecule has 0 amide bonds. The first-order valence-corrected chi connectivity index (χ1v) is 6.13. The number of ether oxygens (including phenoxy) is 2. The van der Waals surface area contributed by atoms with E-state index in [0.29, 0.717) is 12.4 Å². The molecule has 0 atom stereocenters. The lowest BCUT2D eigenvalue weighted by atomic mass is 10.2. The highest BCUT2D eigenvalue weighted by atomic mass is 35.5. The van der Waals surface area contributed by atoms with E-state index >= 15 is 0 Å². The minimum Gasteiger partial charge on any atom is -0.478 e. The fraction of sp³-hybridized carbons (Fsp3) is 0.143. The van der Waals surface area contributed by atoms with Crippen molar-refractivity contribution in [1.29, 1.82) is 0 Å². The van der Waals surface area contributed by atoms with Crippen LogP contribution in [0.15, 0.2) is 36.5 Å². The second-order valence-electron chi connectivity index (χ2n) is 3.97. The molecule has 1 N–H and O–H groups in total. The van der Waals surface area contributed by atoms with Crippen LogP contribution in [0.25, 0.3) is 0 Å². The molecule has 0 fully saturated rings. The normalized spacial score (nSPS) is 10.3. The van der Waals surface area contributed by atoms with E-state index in [9.17, 15) is 4.79 Å². The quantitative estimate of drug-likeness (QED) is 0.915. The van der Waals surface area contributed by atoms with Crippen LogP contribution < -0.4 is 4.74 Å². The highest BCUT2D eigenvalue weighted by Crippen LogP contribution is 2.30. The Labute approximate surface area is 120 Å². The maximum Gasteiger partial charge on any atom is 0.337 e. The van der Waals surface area contributed by atoms with Gasteiger partial charge in [-0.25, -0.2) is 9.78 Å². The van der Waals surface area contributed by atoms with E-state index < -0.39 is 5.97 Å². The van der Waals surface area contributed by atoms with Crippen molar-refractivity contribution in [1.82, 2.24) is 4.98 Å². The average molecular weight is 294 g/mol. The molecular weight excluding hydrogens is 282 g/mol. The zero-order valence-corrected chi connectivity index (χ0v) is 11.4. The molecule has 0 unspecified atom stereocenters. The number of benzene rings is 1. The Kier molecular flexibility index (Phi) is 4.55. The molecule has 0 aliphatic carbocycles. The molecule has 104 valence electrons. The predicted octanol–water partition coefficient (Wildman–Crippen LogP) is 3.37. The molecule has 5 nitrogen and oxygen atoms in total. The lowest BCUT2D eigenvalue weighted by Gasteiger charge is -2.09. The molecule has 1 heterocycles. The van der Waals surface area contributed by atoms with Gasteiger partial charge in [-0.1, -0.05) is 23.7 Å². The number of carbonyl (C=O) groups is 1. The van der Waals surface area contributed by atoms with Crippen molar-refractivity contribution in [2.45, 2.75) is 6.61 Å². The Morgan fingerprint density at radius 1 is 1.40 bits per heavy atom. The van der Waals surface area contributed by atoms with E-state index in [0.717, 1.165) is 5.56 Å². The van der Waals surface area contributed by atoms with E-state index in [1.165, 1.54) is 12.3 Å². The number of nitrogens with zero attached hydrogens (tertiary/aromatic N) is 1. The van der Waals surface area contributed by atoms with Crippen LogP contribution in [0.4, 0.5) is 0 Å². The Morgan fingerprint density at radius 3 is 2.90 bits per heavy atom. The van der Waals surface area contributed by atoms with Gasteiger partial charge in [0.2, 0.25) is 5.88 Å². The third kappa shape index (κ3) is 3.26. The summed E-state index contributed by atoms with van der Waals surface area (Å²) < 4.78 is 10.6. The fourth-order valence-electron chi connectivity index (χ4n) is 1.64. The molecule has 0 saturated carbocycles. The highest BCUT2D eigenvalue weighted by molar-refractivity contribution is 6.34. The molecule has 0 bridgehead atoms. The number of aromatic carboxylic acids is 1. The molecule has 0 spiro atoms. The maximum atomic E-state index is 11.0. The number of methoxy groups -OCH3 is 1. The van der Waals surface area contributed by atoms with Gasteiger partial charge in [0.1, 0.15) is 10.8 Å². The molecule has 1 aromatic carbocycles. The Bertz CT molecular complexity index is 630. The van der Waals surface area contributed by atoms with Crippen molar-refractivity contribution in [2.75, 3.05) is 7.11 Å². The molecular formula is C14H12ClNO4. The summed E-state index contributed by atoms with van der Waals surface area (Å²) in [7, 11) is 1.60. The van der Waals surface area contributed by atoms with Gasteiger partial charge in [-0.2, -0.15) is 0 Å². The summed E-state index contributed by atoms with van der Waals surface area (Å²) in [4.78, 5) is 14.9. The van der Waals surface area contributed by atoms with E-state index in [2.05, 4.69) is 4.98 Å². The predicted molar refractivity (Wildman–Crippen MR) is 73.4 cm³/mol. The summed E-state index contributed by atoms with van der Waals surface area (Å²) in [5.41, 5.74) is 0.875. The van der Waals surface area contributed by atoms with Crippen LogP contribution in [0.2, 0.25) is 5.02 Å². The van der Waals surface area contributed by atoms with Crippen molar-refractivity contribution >= 4 is 17.6 Å². The summed E-state index contributed by atoms with van der Waals surface area (Å²) in [6.45, 7) is 0.452. The number of aromatic nitrogens is 1. The first kappa shape index (κ1) is 14.3. The van der Waals surface area contributed by atoms with Gasteiger partial charge >= 0.3 is 5.97 Å². The summed E-state index contributed by atoms with van der Waals surface area (Å²) in [5, 5.41) is 8.96. The lowest BCUT2D eigenvalue weighted by Crippen LogP contribution is -2.00. The number of rotatable bonds is 5. The van der Waals surface area contributed by atoms with Gasteiger partial charge in [0, 0.05) is 13.3 Å². The minimum atomic E-state index is -1.13. The van der Waals surface area contributed by atoms with Gasteiger partial charge in [-0.05, 0) is 23.8 Å². The van der Waals surface area contributed by atoms with E-state index in [1.807, 2.05) is 6.07 Å². The van der Waals surface area contributed by atoms with E-state index in [4.69, 9.17) is 26.2 Å². The second kappa shape index (κ2) is 6.36. The molecule has 6 heteroatoms. The number of pyridine rings is 1. The molecule has 0 radical (unpaired) electrons. The molecule has 0 aliphatic rings. The van der Waals surface area contributed by atoms with Gasteiger partial charge in [-0.15, -0.1) is 0 Å². The van der Waals surface area contributed by atoms with Gasteiger partial charge in [0.05, 0.1) is 12.2 Å². The molecule has 2 aromatic rings. The maximum absolute atomic E-state index is 11.0. The molecule has 0 saturated heterocycles. The van der Waals surface area contributed by atoms with Crippen LogP contribution in [0.5, 0.6) is 11.6 Å².